The Morgan fingerprint density at radius 1 is 0.559 bits per heavy atom. The van der Waals surface area contributed by atoms with Crippen molar-refractivity contribution in [2.45, 2.75) is 25.7 Å². The number of carbonyl (C=O) groups excluding carboxylic acids is 2. The zero-order valence-corrected chi connectivity index (χ0v) is 19.5. The number of nitrogens with zero attached hydrogens (tertiary/aromatic N) is 4. The van der Waals surface area contributed by atoms with Gasteiger partial charge in [0, 0.05) is 76.6 Å². The van der Waals surface area contributed by atoms with E-state index < -0.39 is 0 Å². The van der Waals surface area contributed by atoms with E-state index in [-0.39, 0.29) is 23.4 Å². The third-order valence-electron chi connectivity index (χ3n) is 6.68. The third kappa shape index (κ3) is 6.24. The maximum absolute atomic E-state index is 13.1. The zero-order chi connectivity index (χ0) is 23.9. The van der Waals surface area contributed by atoms with E-state index in [9.17, 15) is 18.4 Å². The molecule has 0 aliphatic carbocycles. The number of amides is 2. The molecular formula is C26H32F2N4O2. The highest BCUT2D eigenvalue weighted by Gasteiger charge is 2.23. The average molecular weight is 471 g/mol. The summed E-state index contributed by atoms with van der Waals surface area (Å²) in [5, 5.41) is 0. The van der Waals surface area contributed by atoms with Crippen LogP contribution in [0.25, 0.3) is 0 Å². The molecule has 0 spiro atoms. The van der Waals surface area contributed by atoms with Crippen molar-refractivity contribution >= 4 is 23.2 Å². The van der Waals surface area contributed by atoms with Gasteiger partial charge >= 0.3 is 0 Å². The van der Waals surface area contributed by atoms with Gasteiger partial charge in [-0.1, -0.05) is 0 Å². The molecule has 2 aromatic rings. The summed E-state index contributed by atoms with van der Waals surface area (Å²) in [6.45, 7) is 5.58. The van der Waals surface area contributed by atoms with Crippen molar-refractivity contribution < 1.29 is 18.4 Å². The van der Waals surface area contributed by atoms with Gasteiger partial charge in [0.25, 0.3) is 0 Å². The van der Waals surface area contributed by atoms with Gasteiger partial charge < -0.3 is 19.6 Å². The molecular weight excluding hydrogens is 438 g/mol. The van der Waals surface area contributed by atoms with E-state index in [0.717, 1.165) is 37.6 Å². The minimum atomic E-state index is -0.247. The summed E-state index contributed by atoms with van der Waals surface area (Å²) in [6, 6.07) is 12.9. The Hall–Kier alpha value is -3.16. The van der Waals surface area contributed by atoms with Crippen molar-refractivity contribution in [3.8, 4) is 0 Å². The lowest BCUT2D eigenvalue weighted by molar-refractivity contribution is -0.133. The van der Waals surface area contributed by atoms with Crippen LogP contribution >= 0.6 is 0 Å². The molecule has 6 nitrogen and oxygen atoms in total. The molecule has 2 aromatic carbocycles. The third-order valence-corrected chi connectivity index (χ3v) is 6.68. The van der Waals surface area contributed by atoms with Crippen molar-refractivity contribution in [1.82, 2.24) is 9.80 Å². The highest BCUT2D eigenvalue weighted by molar-refractivity contribution is 5.77. The first kappa shape index (κ1) is 24.0. The van der Waals surface area contributed by atoms with E-state index in [2.05, 4.69) is 9.80 Å². The van der Waals surface area contributed by atoms with Crippen LogP contribution in [0, 0.1) is 11.6 Å². The first-order valence-corrected chi connectivity index (χ1v) is 12.1. The summed E-state index contributed by atoms with van der Waals surface area (Å²) < 4.78 is 26.2. The minimum absolute atomic E-state index is 0.138. The van der Waals surface area contributed by atoms with Crippen LogP contribution in [-0.4, -0.2) is 74.0 Å². The number of unbranched alkanes of at least 4 members (excludes halogenated alkanes) is 1. The SMILES string of the molecule is O=C(CCCCC(=O)N1CCN(c2ccc(F)cc2)CC1)N1CCN(c2ccc(F)cc2)CC1. The molecule has 0 N–H and O–H groups in total. The van der Waals surface area contributed by atoms with Gasteiger partial charge in [0.05, 0.1) is 0 Å². The van der Waals surface area contributed by atoms with Gasteiger partial charge in [-0.15, -0.1) is 0 Å². The second-order valence-electron chi connectivity index (χ2n) is 8.90. The maximum atomic E-state index is 13.1. The normalized spacial score (nSPS) is 16.6. The van der Waals surface area contributed by atoms with E-state index in [1.807, 2.05) is 9.80 Å². The zero-order valence-electron chi connectivity index (χ0n) is 19.5. The Kier molecular flexibility index (Phi) is 7.98. The standard InChI is InChI=1S/C26H32F2N4O2/c27-21-5-9-23(10-6-21)29-13-17-31(18-14-29)25(33)3-1-2-4-26(34)32-19-15-30(16-20-32)24-11-7-22(28)8-12-24/h5-12H,1-4,13-20H2. The summed E-state index contributed by atoms with van der Waals surface area (Å²) in [5.74, 6) is -0.218. The number of hydrogen-bond donors (Lipinski definition) is 0. The van der Waals surface area contributed by atoms with Crippen molar-refractivity contribution in [1.29, 1.82) is 0 Å². The smallest absolute Gasteiger partial charge is 0.222 e. The van der Waals surface area contributed by atoms with Gasteiger partial charge in [-0.2, -0.15) is 0 Å². The molecule has 0 unspecified atom stereocenters. The van der Waals surface area contributed by atoms with Crippen molar-refractivity contribution in [2.24, 2.45) is 0 Å². The van der Waals surface area contributed by atoms with E-state index in [0.29, 0.717) is 51.9 Å². The number of piperazine rings is 2. The summed E-state index contributed by atoms with van der Waals surface area (Å²) in [5.41, 5.74) is 1.95. The topological polar surface area (TPSA) is 47.1 Å². The fourth-order valence-corrected chi connectivity index (χ4v) is 4.60. The van der Waals surface area contributed by atoms with Gasteiger partial charge in [0.1, 0.15) is 11.6 Å². The van der Waals surface area contributed by atoms with Gasteiger partial charge in [-0.05, 0) is 61.4 Å². The quantitative estimate of drug-likeness (QED) is 0.581. The number of hydrogen-bond acceptors (Lipinski definition) is 4. The number of rotatable bonds is 7. The van der Waals surface area contributed by atoms with Crippen molar-refractivity contribution in [3.05, 3.63) is 60.2 Å². The molecule has 4 rings (SSSR count). The second-order valence-corrected chi connectivity index (χ2v) is 8.90. The fourth-order valence-electron chi connectivity index (χ4n) is 4.60. The number of carbonyl (C=O) groups is 2. The molecule has 2 aliphatic heterocycles. The largest absolute Gasteiger partial charge is 0.368 e. The Balaban J connectivity index is 1.10. The molecule has 34 heavy (non-hydrogen) atoms. The summed E-state index contributed by atoms with van der Waals surface area (Å²) >= 11 is 0. The molecule has 2 fully saturated rings. The van der Waals surface area contributed by atoms with Crippen LogP contribution in [0.5, 0.6) is 0 Å². The van der Waals surface area contributed by atoms with Crippen LogP contribution in [0.1, 0.15) is 25.7 Å². The molecule has 0 saturated carbocycles. The lowest BCUT2D eigenvalue weighted by Gasteiger charge is -2.36. The molecule has 2 amide bonds. The van der Waals surface area contributed by atoms with Crippen LogP contribution in [0.2, 0.25) is 0 Å². The van der Waals surface area contributed by atoms with Crippen LogP contribution in [0.4, 0.5) is 20.2 Å². The monoisotopic (exact) mass is 470 g/mol. The minimum Gasteiger partial charge on any atom is -0.368 e. The molecule has 2 heterocycles. The Bertz CT molecular complexity index is 872. The van der Waals surface area contributed by atoms with Crippen LogP contribution in [-0.2, 0) is 9.59 Å². The van der Waals surface area contributed by atoms with E-state index in [1.54, 1.807) is 24.3 Å². The molecule has 2 aliphatic rings. The van der Waals surface area contributed by atoms with Crippen molar-refractivity contribution in [2.75, 3.05) is 62.2 Å². The molecule has 0 aromatic heterocycles. The first-order valence-electron chi connectivity index (χ1n) is 12.1. The second kappa shape index (κ2) is 11.3. The summed E-state index contributed by atoms with van der Waals surface area (Å²) in [7, 11) is 0. The van der Waals surface area contributed by atoms with E-state index >= 15 is 0 Å². The van der Waals surface area contributed by atoms with E-state index in [4.69, 9.17) is 0 Å². The van der Waals surface area contributed by atoms with Gasteiger partial charge in [0.15, 0.2) is 0 Å². The molecule has 2 saturated heterocycles. The lowest BCUT2D eigenvalue weighted by Crippen LogP contribution is -2.49. The molecule has 0 bridgehead atoms. The predicted octanol–water partition coefficient (Wildman–Crippen LogP) is 3.52. The van der Waals surface area contributed by atoms with Gasteiger partial charge in [-0.3, -0.25) is 9.59 Å². The Morgan fingerprint density at radius 2 is 0.882 bits per heavy atom. The van der Waals surface area contributed by atoms with E-state index in [1.165, 1.54) is 24.3 Å². The molecule has 182 valence electrons. The van der Waals surface area contributed by atoms with Crippen LogP contribution in [0.15, 0.2) is 48.5 Å². The average Bonchev–Trinajstić information content (AvgIpc) is 2.87. The highest BCUT2D eigenvalue weighted by Crippen LogP contribution is 2.19. The lowest BCUT2D eigenvalue weighted by atomic mass is 10.1. The number of benzene rings is 2. The maximum Gasteiger partial charge on any atom is 0.222 e. The summed E-state index contributed by atoms with van der Waals surface area (Å²) in [6.07, 6.45) is 2.33. The number of anilines is 2. The Morgan fingerprint density at radius 3 is 1.21 bits per heavy atom. The first-order chi connectivity index (χ1) is 16.5. The summed E-state index contributed by atoms with van der Waals surface area (Å²) in [4.78, 5) is 33.2. The van der Waals surface area contributed by atoms with Crippen molar-refractivity contribution in [3.63, 3.8) is 0 Å². The Labute approximate surface area is 199 Å². The molecule has 8 heteroatoms. The van der Waals surface area contributed by atoms with Crippen LogP contribution in [0.3, 0.4) is 0 Å². The van der Waals surface area contributed by atoms with Gasteiger partial charge in [0.2, 0.25) is 11.8 Å². The predicted molar refractivity (Wildman–Crippen MR) is 129 cm³/mol. The van der Waals surface area contributed by atoms with Crippen LogP contribution < -0.4 is 9.80 Å². The molecule has 0 radical (unpaired) electrons. The highest BCUT2D eigenvalue weighted by atomic mass is 19.1. The molecule has 0 atom stereocenters. The van der Waals surface area contributed by atoms with Gasteiger partial charge in [-0.25, -0.2) is 8.78 Å². The number of halogens is 2. The fraction of sp³-hybridized carbons (Fsp3) is 0.462.